The van der Waals surface area contributed by atoms with E-state index in [4.69, 9.17) is 5.11 Å². The molecule has 2 rings (SSSR count). The third-order valence-corrected chi connectivity index (χ3v) is 2.62. The number of imidazole rings is 1. The normalized spacial score (nSPS) is 18.9. The molecular weight excluding hydrogens is 166 g/mol. The summed E-state index contributed by atoms with van der Waals surface area (Å²) in [6.07, 6.45) is 3.74. The van der Waals surface area contributed by atoms with Crippen LogP contribution in [0, 0.1) is 0 Å². The fourth-order valence-electron chi connectivity index (χ4n) is 1.65. The van der Waals surface area contributed by atoms with Gasteiger partial charge in [-0.15, -0.1) is 0 Å². The molecule has 13 heavy (non-hydrogen) atoms. The highest BCUT2D eigenvalue weighted by Crippen LogP contribution is 2.20. The molecule has 1 aromatic heterocycles. The molecule has 72 valence electrons. The summed E-state index contributed by atoms with van der Waals surface area (Å²) in [5, 5.41) is 8.84. The first-order valence-electron chi connectivity index (χ1n) is 4.69. The van der Waals surface area contributed by atoms with Crippen molar-refractivity contribution in [3.63, 3.8) is 0 Å². The van der Waals surface area contributed by atoms with E-state index in [1.165, 1.54) is 0 Å². The number of aromatic nitrogens is 2. The Labute approximate surface area is 77.8 Å². The molecular formula is C9H15N3O. The van der Waals surface area contributed by atoms with Gasteiger partial charge in [0.15, 0.2) is 0 Å². The van der Waals surface area contributed by atoms with Crippen molar-refractivity contribution < 1.29 is 5.11 Å². The monoisotopic (exact) mass is 181 g/mol. The molecule has 0 aliphatic carbocycles. The van der Waals surface area contributed by atoms with E-state index in [2.05, 4.69) is 21.4 Å². The van der Waals surface area contributed by atoms with Crippen LogP contribution in [0.2, 0.25) is 0 Å². The molecule has 1 saturated heterocycles. The Morgan fingerprint density at radius 2 is 2.38 bits per heavy atom. The second-order valence-corrected chi connectivity index (χ2v) is 3.48. The lowest BCUT2D eigenvalue weighted by Crippen LogP contribution is -2.46. The largest absolute Gasteiger partial charge is 0.390 e. The Hall–Kier alpha value is -0.870. The Bertz CT molecular complexity index is 278. The van der Waals surface area contributed by atoms with Gasteiger partial charge >= 0.3 is 0 Å². The molecule has 0 bridgehead atoms. The van der Waals surface area contributed by atoms with Gasteiger partial charge in [-0.05, 0) is 6.54 Å². The van der Waals surface area contributed by atoms with E-state index in [1.54, 1.807) is 0 Å². The average Bonchev–Trinajstić information content (AvgIpc) is 2.51. The molecule has 0 atom stereocenters. The number of rotatable bonds is 3. The molecule has 1 aliphatic rings. The van der Waals surface area contributed by atoms with Crippen LogP contribution in [-0.4, -0.2) is 39.2 Å². The highest BCUT2D eigenvalue weighted by atomic mass is 16.3. The van der Waals surface area contributed by atoms with Crippen LogP contribution in [0.15, 0.2) is 12.5 Å². The molecule has 0 unspecified atom stereocenters. The molecule has 0 spiro atoms. The van der Waals surface area contributed by atoms with Crippen LogP contribution < -0.4 is 0 Å². The van der Waals surface area contributed by atoms with Gasteiger partial charge in [-0.2, -0.15) is 0 Å². The van der Waals surface area contributed by atoms with Crippen molar-refractivity contribution in [3.8, 4) is 0 Å². The van der Waals surface area contributed by atoms with Crippen LogP contribution in [-0.2, 0) is 6.61 Å². The van der Waals surface area contributed by atoms with E-state index in [9.17, 15) is 0 Å². The summed E-state index contributed by atoms with van der Waals surface area (Å²) >= 11 is 0. The third kappa shape index (κ3) is 1.59. The Morgan fingerprint density at radius 3 is 2.92 bits per heavy atom. The highest BCUT2D eigenvalue weighted by molar-refractivity contribution is 4.99. The van der Waals surface area contributed by atoms with E-state index >= 15 is 0 Å². The lowest BCUT2D eigenvalue weighted by molar-refractivity contribution is 0.114. The minimum absolute atomic E-state index is 0.0389. The summed E-state index contributed by atoms with van der Waals surface area (Å²) in [5.74, 6) is 0. The standard InChI is InChI=1S/C9H15N3O/c1-2-11-4-9(5-11)12-3-8(6-13)10-7-12/h3,7,9,13H,2,4-6H2,1H3. The maximum atomic E-state index is 8.84. The average molecular weight is 181 g/mol. The van der Waals surface area contributed by atoms with Crippen molar-refractivity contribution in [1.29, 1.82) is 0 Å². The van der Waals surface area contributed by atoms with Crippen LogP contribution in [0.1, 0.15) is 18.7 Å². The quantitative estimate of drug-likeness (QED) is 0.727. The SMILES string of the molecule is CCN1CC(n2cnc(CO)c2)C1. The van der Waals surface area contributed by atoms with Gasteiger partial charge < -0.3 is 9.67 Å². The van der Waals surface area contributed by atoms with Gasteiger partial charge in [0.05, 0.1) is 24.7 Å². The first-order valence-corrected chi connectivity index (χ1v) is 4.69. The number of aliphatic hydroxyl groups is 1. The van der Waals surface area contributed by atoms with Gasteiger partial charge in [-0.25, -0.2) is 4.98 Å². The zero-order chi connectivity index (χ0) is 9.26. The smallest absolute Gasteiger partial charge is 0.0953 e. The van der Waals surface area contributed by atoms with Gasteiger partial charge in [-0.1, -0.05) is 6.92 Å². The number of aliphatic hydroxyl groups excluding tert-OH is 1. The predicted molar refractivity (Wildman–Crippen MR) is 49.3 cm³/mol. The molecule has 2 heterocycles. The van der Waals surface area contributed by atoms with Crippen molar-refractivity contribution in [2.75, 3.05) is 19.6 Å². The maximum absolute atomic E-state index is 8.84. The van der Waals surface area contributed by atoms with Crippen LogP contribution in [0.3, 0.4) is 0 Å². The van der Waals surface area contributed by atoms with Crippen molar-refractivity contribution in [2.45, 2.75) is 19.6 Å². The molecule has 1 aliphatic heterocycles. The molecule has 0 aromatic carbocycles. The molecule has 4 nitrogen and oxygen atoms in total. The highest BCUT2D eigenvalue weighted by Gasteiger charge is 2.26. The molecule has 4 heteroatoms. The molecule has 1 aromatic rings. The number of likely N-dealkylation sites (N-methyl/N-ethyl adjacent to an activating group) is 1. The summed E-state index contributed by atoms with van der Waals surface area (Å²) in [6, 6.07) is 0.563. The summed E-state index contributed by atoms with van der Waals surface area (Å²) < 4.78 is 2.09. The molecule has 0 amide bonds. The number of hydrogen-bond acceptors (Lipinski definition) is 3. The van der Waals surface area contributed by atoms with Gasteiger partial charge in [0, 0.05) is 19.3 Å². The first-order chi connectivity index (χ1) is 6.33. The van der Waals surface area contributed by atoms with E-state index in [-0.39, 0.29) is 6.61 Å². The predicted octanol–water partition coefficient (Wildman–Crippen LogP) is 0.252. The van der Waals surface area contributed by atoms with Crippen molar-refractivity contribution in [3.05, 3.63) is 18.2 Å². The molecule has 0 radical (unpaired) electrons. The minimum atomic E-state index is 0.0389. The summed E-state index contributed by atoms with van der Waals surface area (Å²) in [5.41, 5.74) is 0.759. The van der Waals surface area contributed by atoms with Crippen LogP contribution in [0.25, 0.3) is 0 Å². The summed E-state index contributed by atoms with van der Waals surface area (Å²) in [6.45, 7) is 5.55. The number of nitrogens with zero attached hydrogens (tertiary/aromatic N) is 3. The Morgan fingerprint density at radius 1 is 1.62 bits per heavy atom. The number of likely N-dealkylation sites (tertiary alicyclic amines) is 1. The van der Waals surface area contributed by atoms with Crippen LogP contribution in [0.4, 0.5) is 0 Å². The first kappa shape index (κ1) is 8.72. The fourth-order valence-corrected chi connectivity index (χ4v) is 1.65. The lowest BCUT2D eigenvalue weighted by atomic mass is 10.1. The molecule has 0 saturated carbocycles. The summed E-state index contributed by atoms with van der Waals surface area (Å²) in [7, 11) is 0. The van der Waals surface area contributed by atoms with Gasteiger partial charge in [0.2, 0.25) is 0 Å². The minimum Gasteiger partial charge on any atom is -0.390 e. The van der Waals surface area contributed by atoms with Gasteiger partial charge in [-0.3, -0.25) is 4.90 Å². The van der Waals surface area contributed by atoms with Gasteiger partial charge in [0.25, 0.3) is 0 Å². The Kier molecular flexibility index (Phi) is 2.33. The van der Waals surface area contributed by atoms with E-state index in [0.717, 1.165) is 25.3 Å². The van der Waals surface area contributed by atoms with Crippen molar-refractivity contribution in [2.24, 2.45) is 0 Å². The topological polar surface area (TPSA) is 41.3 Å². The van der Waals surface area contributed by atoms with E-state index < -0.39 is 0 Å². The molecule has 1 N–H and O–H groups in total. The number of hydrogen-bond donors (Lipinski definition) is 1. The lowest BCUT2D eigenvalue weighted by Gasteiger charge is -2.39. The van der Waals surface area contributed by atoms with Crippen LogP contribution >= 0.6 is 0 Å². The second kappa shape index (κ2) is 3.47. The zero-order valence-corrected chi connectivity index (χ0v) is 7.85. The fraction of sp³-hybridized carbons (Fsp3) is 0.667. The van der Waals surface area contributed by atoms with Crippen molar-refractivity contribution in [1.82, 2.24) is 14.5 Å². The van der Waals surface area contributed by atoms with E-state index in [1.807, 2.05) is 12.5 Å². The maximum Gasteiger partial charge on any atom is 0.0953 e. The zero-order valence-electron chi connectivity index (χ0n) is 7.85. The molecule has 1 fully saturated rings. The van der Waals surface area contributed by atoms with Crippen molar-refractivity contribution >= 4 is 0 Å². The Balaban J connectivity index is 1.95. The van der Waals surface area contributed by atoms with Crippen LogP contribution in [0.5, 0.6) is 0 Å². The van der Waals surface area contributed by atoms with Gasteiger partial charge in [0.1, 0.15) is 0 Å². The summed E-state index contributed by atoms with van der Waals surface area (Å²) in [4.78, 5) is 6.46. The third-order valence-electron chi connectivity index (χ3n) is 2.62. The van der Waals surface area contributed by atoms with E-state index in [0.29, 0.717) is 6.04 Å². The second-order valence-electron chi connectivity index (χ2n) is 3.48.